The van der Waals surface area contributed by atoms with Crippen molar-refractivity contribution in [1.82, 2.24) is 0 Å². The fourth-order valence-electron chi connectivity index (χ4n) is 3.53. The third-order valence-electron chi connectivity index (χ3n) is 4.96. The van der Waals surface area contributed by atoms with Crippen molar-refractivity contribution in [3.8, 4) is 5.75 Å². The van der Waals surface area contributed by atoms with Gasteiger partial charge in [-0.2, -0.15) is 0 Å². The highest BCUT2D eigenvalue weighted by Crippen LogP contribution is 2.40. The van der Waals surface area contributed by atoms with Gasteiger partial charge >= 0.3 is 5.97 Å². The molecule has 1 fully saturated rings. The number of carbonyl (C=O) groups is 1. The second kappa shape index (κ2) is 8.70. The van der Waals surface area contributed by atoms with Gasteiger partial charge in [-0.25, -0.2) is 0 Å². The first-order chi connectivity index (χ1) is 12.3. The molecule has 1 saturated carbocycles. The Kier molecular flexibility index (Phi) is 6.10. The van der Waals surface area contributed by atoms with E-state index in [9.17, 15) is 4.79 Å². The van der Waals surface area contributed by atoms with Gasteiger partial charge in [0.2, 0.25) is 0 Å². The highest BCUT2D eigenvalue weighted by Gasteiger charge is 2.29. The van der Waals surface area contributed by atoms with E-state index in [1.807, 2.05) is 37.3 Å². The van der Waals surface area contributed by atoms with E-state index >= 15 is 0 Å². The van der Waals surface area contributed by atoms with Gasteiger partial charge in [0.1, 0.15) is 12.4 Å². The van der Waals surface area contributed by atoms with Crippen molar-refractivity contribution in [2.24, 2.45) is 5.92 Å². The summed E-state index contributed by atoms with van der Waals surface area (Å²) in [6, 6.07) is 18.6. The zero-order chi connectivity index (χ0) is 17.5. The molecule has 0 bridgehead atoms. The lowest BCUT2D eigenvalue weighted by Gasteiger charge is -2.20. The van der Waals surface area contributed by atoms with E-state index in [1.165, 1.54) is 24.0 Å². The molecule has 0 aromatic heterocycles. The van der Waals surface area contributed by atoms with Crippen LogP contribution in [0.5, 0.6) is 5.75 Å². The molecule has 0 saturated heterocycles. The Morgan fingerprint density at radius 1 is 1.04 bits per heavy atom. The van der Waals surface area contributed by atoms with Gasteiger partial charge in [0.25, 0.3) is 0 Å². The topological polar surface area (TPSA) is 35.5 Å². The van der Waals surface area contributed by atoms with Gasteiger partial charge in [0, 0.05) is 6.42 Å². The SMILES string of the molecule is CCC(=O)OCC1CCCC1c1ccc(OCc2ccccc2)cc1. The summed E-state index contributed by atoms with van der Waals surface area (Å²) in [7, 11) is 0. The maximum Gasteiger partial charge on any atom is 0.305 e. The minimum Gasteiger partial charge on any atom is -0.489 e. The highest BCUT2D eigenvalue weighted by molar-refractivity contribution is 5.68. The standard InChI is InChI=1S/C22H26O3/c1-2-22(23)25-16-19-9-6-10-21(19)18-11-13-20(14-12-18)24-15-17-7-4-3-5-8-17/h3-5,7-8,11-14,19,21H,2,6,9-10,15-16H2,1H3. The van der Waals surface area contributed by atoms with Crippen LogP contribution in [-0.2, 0) is 16.1 Å². The first-order valence-corrected chi connectivity index (χ1v) is 9.18. The van der Waals surface area contributed by atoms with Gasteiger partial charge in [0.05, 0.1) is 6.61 Å². The molecule has 3 rings (SSSR count). The predicted molar refractivity (Wildman–Crippen MR) is 98.5 cm³/mol. The Balaban J connectivity index is 1.56. The van der Waals surface area contributed by atoms with E-state index in [4.69, 9.17) is 9.47 Å². The lowest BCUT2D eigenvalue weighted by Crippen LogP contribution is -2.16. The van der Waals surface area contributed by atoms with Gasteiger partial charge in [-0.15, -0.1) is 0 Å². The lowest BCUT2D eigenvalue weighted by molar-refractivity contribution is -0.144. The van der Waals surface area contributed by atoms with Gasteiger partial charge < -0.3 is 9.47 Å². The third kappa shape index (κ3) is 4.85. The van der Waals surface area contributed by atoms with Crippen molar-refractivity contribution in [2.75, 3.05) is 6.61 Å². The second-order valence-electron chi connectivity index (χ2n) is 6.68. The molecular formula is C22H26O3. The normalized spacial score (nSPS) is 19.6. The molecular weight excluding hydrogens is 312 g/mol. The van der Waals surface area contributed by atoms with Crippen molar-refractivity contribution in [1.29, 1.82) is 0 Å². The molecule has 0 N–H and O–H groups in total. The van der Waals surface area contributed by atoms with E-state index in [0.717, 1.165) is 12.2 Å². The molecule has 2 aromatic carbocycles. The summed E-state index contributed by atoms with van der Waals surface area (Å²) in [5.41, 5.74) is 2.49. The van der Waals surface area contributed by atoms with Crippen LogP contribution in [0.4, 0.5) is 0 Å². The molecule has 0 amide bonds. The zero-order valence-corrected chi connectivity index (χ0v) is 14.8. The summed E-state index contributed by atoms with van der Waals surface area (Å²) in [6.45, 7) is 2.96. The minimum absolute atomic E-state index is 0.102. The minimum atomic E-state index is -0.102. The van der Waals surface area contributed by atoms with Gasteiger partial charge in [0.15, 0.2) is 0 Å². The average Bonchev–Trinajstić information content (AvgIpc) is 3.14. The zero-order valence-electron chi connectivity index (χ0n) is 14.8. The summed E-state index contributed by atoms with van der Waals surface area (Å²) in [4.78, 5) is 11.4. The van der Waals surface area contributed by atoms with Crippen LogP contribution >= 0.6 is 0 Å². The molecule has 0 heterocycles. The van der Waals surface area contributed by atoms with Gasteiger partial charge in [-0.05, 0) is 47.9 Å². The number of esters is 1. The molecule has 2 unspecified atom stereocenters. The van der Waals surface area contributed by atoms with Crippen LogP contribution in [0.1, 0.15) is 49.7 Å². The summed E-state index contributed by atoms with van der Waals surface area (Å²) >= 11 is 0. The predicted octanol–water partition coefficient (Wildman–Crippen LogP) is 5.10. The molecule has 3 nitrogen and oxygen atoms in total. The van der Waals surface area contributed by atoms with Crippen LogP contribution in [-0.4, -0.2) is 12.6 Å². The Morgan fingerprint density at radius 3 is 2.52 bits per heavy atom. The van der Waals surface area contributed by atoms with E-state index in [0.29, 0.717) is 31.5 Å². The number of ether oxygens (including phenoxy) is 2. The Bertz CT molecular complexity index is 663. The van der Waals surface area contributed by atoms with Crippen LogP contribution < -0.4 is 4.74 Å². The maximum absolute atomic E-state index is 11.4. The van der Waals surface area contributed by atoms with Crippen molar-refractivity contribution in [2.45, 2.75) is 45.1 Å². The second-order valence-corrected chi connectivity index (χ2v) is 6.68. The van der Waals surface area contributed by atoms with Crippen LogP contribution in [0.2, 0.25) is 0 Å². The largest absolute Gasteiger partial charge is 0.489 e. The molecule has 0 radical (unpaired) electrons. The van der Waals surface area contributed by atoms with E-state index in [2.05, 4.69) is 24.3 Å². The summed E-state index contributed by atoms with van der Waals surface area (Å²) in [5.74, 6) is 1.70. The van der Waals surface area contributed by atoms with Crippen LogP contribution in [0.3, 0.4) is 0 Å². The first-order valence-electron chi connectivity index (χ1n) is 9.18. The van der Waals surface area contributed by atoms with E-state index < -0.39 is 0 Å². The number of carbonyl (C=O) groups excluding carboxylic acids is 1. The monoisotopic (exact) mass is 338 g/mol. The molecule has 2 atom stereocenters. The van der Waals surface area contributed by atoms with Crippen LogP contribution in [0, 0.1) is 5.92 Å². The molecule has 25 heavy (non-hydrogen) atoms. The summed E-state index contributed by atoms with van der Waals surface area (Å²) < 4.78 is 11.2. The Morgan fingerprint density at radius 2 is 1.80 bits per heavy atom. The fourth-order valence-corrected chi connectivity index (χ4v) is 3.53. The summed E-state index contributed by atoms with van der Waals surface area (Å²) in [6.07, 6.45) is 3.95. The number of hydrogen-bond acceptors (Lipinski definition) is 3. The van der Waals surface area contributed by atoms with Crippen LogP contribution in [0.25, 0.3) is 0 Å². The molecule has 1 aliphatic rings. The van der Waals surface area contributed by atoms with Gasteiger partial charge in [-0.1, -0.05) is 55.8 Å². The molecule has 0 spiro atoms. The highest BCUT2D eigenvalue weighted by atomic mass is 16.5. The van der Waals surface area contributed by atoms with Crippen molar-refractivity contribution in [3.63, 3.8) is 0 Å². The Hall–Kier alpha value is -2.29. The van der Waals surface area contributed by atoms with Crippen LogP contribution in [0.15, 0.2) is 54.6 Å². The molecule has 2 aromatic rings. The van der Waals surface area contributed by atoms with Crippen molar-refractivity contribution in [3.05, 3.63) is 65.7 Å². The maximum atomic E-state index is 11.4. The van der Waals surface area contributed by atoms with E-state index in [1.54, 1.807) is 0 Å². The number of rotatable bonds is 7. The quantitative estimate of drug-likeness (QED) is 0.659. The average molecular weight is 338 g/mol. The number of hydrogen-bond donors (Lipinski definition) is 0. The molecule has 1 aliphatic carbocycles. The van der Waals surface area contributed by atoms with Crippen molar-refractivity contribution < 1.29 is 14.3 Å². The van der Waals surface area contributed by atoms with Gasteiger partial charge in [-0.3, -0.25) is 4.79 Å². The fraction of sp³-hybridized carbons (Fsp3) is 0.409. The molecule has 3 heteroatoms. The first kappa shape index (κ1) is 17.5. The summed E-state index contributed by atoms with van der Waals surface area (Å²) in [5, 5.41) is 0. The lowest BCUT2D eigenvalue weighted by atomic mass is 9.89. The Labute approximate surface area is 150 Å². The third-order valence-corrected chi connectivity index (χ3v) is 4.96. The smallest absolute Gasteiger partial charge is 0.305 e. The molecule has 132 valence electrons. The van der Waals surface area contributed by atoms with E-state index in [-0.39, 0.29) is 5.97 Å². The number of benzene rings is 2. The molecule has 0 aliphatic heterocycles. The van der Waals surface area contributed by atoms with Crippen molar-refractivity contribution >= 4 is 5.97 Å².